The Balaban J connectivity index is 1.89. The zero-order valence-corrected chi connectivity index (χ0v) is 10.1. The van der Waals surface area contributed by atoms with Gasteiger partial charge in [0.2, 0.25) is 0 Å². The molecule has 0 saturated carbocycles. The van der Waals surface area contributed by atoms with Gasteiger partial charge in [-0.25, -0.2) is 0 Å². The fourth-order valence-corrected chi connectivity index (χ4v) is 2.60. The third kappa shape index (κ3) is 1.84. The summed E-state index contributed by atoms with van der Waals surface area (Å²) in [4.78, 5) is 0. The topological polar surface area (TPSA) is 35.8 Å². The van der Waals surface area contributed by atoms with Crippen molar-refractivity contribution in [2.24, 2.45) is 0 Å². The number of benzene rings is 2. The number of fused-ring (bicyclic) bond motifs is 1. The van der Waals surface area contributed by atoms with Crippen LogP contribution in [0.15, 0.2) is 48.5 Å². The number of hydrogen-bond acceptors (Lipinski definition) is 2. The molecule has 1 aliphatic carbocycles. The Morgan fingerprint density at radius 2 is 1.83 bits per heavy atom. The normalized spacial score (nSPS) is 16.9. The molecule has 2 heteroatoms. The number of nitrogens with one attached hydrogen (secondary N) is 1. The first-order chi connectivity index (χ1) is 8.88. The Kier molecular flexibility index (Phi) is 2.74. The number of para-hydroxylation sites is 1. The van der Waals surface area contributed by atoms with E-state index in [4.69, 9.17) is 5.26 Å². The molecule has 0 amide bonds. The molecule has 1 atom stereocenters. The molecule has 0 bridgehead atoms. The van der Waals surface area contributed by atoms with Gasteiger partial charge in [-0.2, -0.15) is 5.26 Å². The van der Waals surface area contributed by atoms with E-state index in [1.165, 1.54) is 11.1 Å². The van der Waals surface area contributed by atoms with Crippen LogP contribution in [0.4, 0.5) is 5.69 Å². The Morgan fingerprint density at radius 1 is 1.06 bits per heavy atom. The molecule has 2 nitrogen and oxygen atoms in total. The molecule has 0 fully saturated rings. The van der Waals surface area contributed by atoms with Crippen molar-refractivity contribution in [3.63, 3.8) is 0 Å². The van der Waals surface area contributed by atoms with Crippen LogP contribution in [0.3, 0.4) is 0 Å². The average Bonchev–Trinajstić information content (AvgIpc) is 2.83. The van der Waals surface area contributed by atoms with Crippen LogP contribution in [0.2, 0.25) is 0 Å². The van der Waals surface area contributed by atoms with E-state index >= 15 is 0 Å². The number of aryl methyl sites for hydroxylation is 1. The minimum Gasteiger partial charge on any atom is -0.377 e. The molecule has 0 saturated heterocycles. The highest BCUT2D eigenvalue weighted by molar-refractivity contribution is 5.59. The summed E-state index contributed by atoms with van der Waals surface area (Å²) in [6.07, 6.45) is 2.21. The largest absolute Gasteiger partial charge is 0.377 e. The third-order valence-electron chi connectivity index (χ3n) is 3.51. The lowest BCUT2D eigenvalue weighted by Crippen LogP contribution is -2.08. The second kappa shape index (κ2) is 4.54. The Morgan fingerprint density at radius 3 is 2.72 bits per heavy atom. The van der Waals surface area contributed by atoms with Gasteiger partial charge < -0.3 is 5.32 Å². The molecule has 0 aliphatic heterocycles. The minimum absolute atomic E-state index is 0.329. The van der Waals surface area contributed by atoms with E-state index in [1.807, 2.05) is 24.3 Å². The van der Waals surface area contributed by atoms with Crippen molar-refractivity contribution >= 4 is 5.69 Å². The van der Waals surface area contributed by atoms with Gasteiger partial charge in [-0.1, -0.05) is 36.4 Å². The Bertz CT molecular complexity index is 610. The van der Waals surface area contributed by atoms with Gasteiger partial charge >= 0.3 is 0 Å². The van der Waals surface area contributed by atoms with Crippen molar-refractivity contribution in [3.05, 3.63) is 65.2 Å². The van der Waals surface area contributed by atoms with Crippen LogP contribution in [0.1, 0.15) is 29.2 Å². The second-order valence-corrected chi connectivity index (χ2v) is 4.59. The van der Waals surface area contributed by atoms with Crippen molar-refractivity contribution in [2.45, 2.75) is 18.9 Å². The van der Waals surface area contributed by atoms with Crippen LogP contribution < -0.4 is 5.32 Å². The van der Waals surface area contributed by atoms with Gasteiger partial charge in [-0.15, -0.1) is 0 Å². The highest BCUT2D eigenvalue weighted by Gasteiger charge is 2.22. The molecule has 88 valence electrons. The Labute approximate surface area is 107 Å². The molecular weight excluding hydrogens is 220 g/mol. The van der Waals surface area contributed by atoms with E-state index in [1.54, 1.807) is 0 Å². The van der Waals surface area contributed by atoms with E-state index in [-0.39, 0.29) is 0 Å². The third-order valence-corrected chi connectivity index (χ3v) is 3.51. The number of anilines is 1. The standard InChI is InChI=1S/C16H14N2/c17-11-13-6-2-4-8-15(13)18-16-10-9-12-5-1-3-7-14(12)16/h1-8,16,18H,9-10H2. The summed E-state index contributed by atoms with van der Waals surface area (Å²) in [7, 11) is 0. The summed E-state index contributed by atoms with van der Waals surface area (Å²) in [6, 6.07) is 18.8. The first-order valence-electron chi connectivity index (χ1n) is 6.22. The summed E-state index contributed by atoms with van der Waals surface area (Å²) < 4.78 is 0. The molecule has 2 aromatic carbocycles. The summed E-state index contributed by atoms with van der Waals surface area (Å²) >= 11 is 0. The molecule has 0 spiro atoms. The quantitative estimate of drug-likeness (QED) is 0.860. The molecule has 3 rings (SSSR count). The van der Waals surface area contributed by atoms with Crippen LogP contribution in [0.5, 0.6) is 0 Å². The molecule has 0 heterocycles. The van der Waals surface area contributed by atoms with Gasteiger partial charge in [0, 0.05) is 0 Å². The summed E-state index contributed by atoms with van der Waals surface area (Å²) in [5.41, 5.74) is 4.43. The van der Waals surface area contributed by atoms with Crippen molar-refractivity contribution < 1.29 is 0 Å². The highest BCUT2D eigenvalue weighted by Crippen LogP contribution is 2.34. The minimum atomic E-state index is 0.329. The maximum Gasteiger partial charge on any atom is 0.101 e. The molecular formula is C16H14N2. The molecule has 0 radical (unpaired) electrons. The predicted octanol–water partition coefficient (Wildman–Crippen LogP) is 3.66. The first-order valence-corrected chi connectivity index (χ1v) is 6.22. The average molecular weight is 234 g/mol. The summed E-state index contributed by atoms with van der Waals surface area (Å²) in [6.45, 7) is 0. The van der Waals surface area contributed by atoms with E-state index < -0.39 is 0 Å². The molecule has 1 unspecified atom stereocenters. The van der Waals surface area contributed by atoms with E-state index in [2.05, 4.69) is 35.7 Å². The highest BCUT2D eigenvalue weighted by atomic mass is 14.9. The lowest BCUT2D eigenvalue weighted by atomic mass is 10.1. The van der Waals surface area contributed by atoms with Crippen molar-refractivity contribution in [1.82, 2.24) is 0 Å². The maximum atomic E-state index is 9.10. The summed E-state index contributed by atoms with van der Waals surface area (Å²) in [5.74, 6) is 0. The number of rotatable bonds is 2. The lowest BCUT2D eigenvalue weighted by Gasteiger charge is -2.16. The molecule has 2 aromatic rings. The van der Waals surface area contributed by atoms with Gasteiger partial charge in [-0.3, -0.25) is 0 Å². The van der Waals surface area contributed by atoms with Crippen molar-refractivity contribution in [2.75, 3.05) is 5.32 Å². The van der Waals surface area contributed by atoms with Gasteiger partial charge in [0.1, 0.15) is 6.07 Å². The van der Waals surface area contributed by atoms with Crippen LogP contribution in [-0.2, 0) is 6.42 Å². The maximum absolute atomic E-state index is 9.10. The van der Waals surface area contributed by atoms with Crippen LogP contribution >= 0.6 is 0 Å². The van der Waals surface area contributed by atoms with E-state index in [0.29, 0.717) is 11.6 Å². The Hall–Kier alpha value is -2.27. The van der Waals surface area contributed by atoms with Crippen LogP contribution in [0.25, 0.3) is 0 Å². The van der Waals surface area contributed by atoms with Gasteiger partial charge in [0.25, 0.3) is 0 Å². The number of nitrogens with zero attached hydrogens (tertiary/aromatic N) is 1. The molecule has 0 aromatic heterocycles. The van der Waals surface area contributed by atoms with Gasteiger partial charge in [0.15, 0.2) is 0 Å². The fraction of sp³-hybridized carbons (Fsp3) is 0.188. The predicted molar refractivity (Wildman–Crippen MR) is 72.3 cm³/mol. The van der Waals surface area contributed by atoms with Gasteiger partial charge in [0.05, 0.1) is 17.3 Å². The number of hydrogen-bond donors (Lipinski definition) is 1. The lowest BCUT2D eigenvalue weighted by molar-refractivity contribution is 0.762. The molecule has 1 N–H and O–H groups in total. The fourth-order valence-electron chi connectivity index (χ4n) is 2.60. The van der Waals surface area contributed by atoms with E-state index in [0.717, 1.165) is 18.5 Å². The zero-order valence-electron chi connectivity index (χ0n) is 10.1. The van der Waals surface area contributed by atoms with Crippen molar-refractivity contribution in [3.8, 4) is 6.07 Å². The van der Waals surface area contributed by atoms with Crippen LogP contribution in [0, 0.1) is 11.3 Å². The first kappa shape index (κ1) is 10.9. The van der Waals surface area contributed by atoms with Gasteiger partial charge in [-0.05, 0) is 36.1 Å². The molecule has 18 heavy (non-hydrogen) atoms. The SMILES string of the molecule is N#Cc1ccccc1NC1CCc2ccccc21. The number of nitriles is 1. The molecule has 1 aliphatic rings. The zero-order chi connectivity index (χ0) is 12.4. The smallest absolute Gasteiger partial charge is 0.101 e. The van der Waals surface area contributed by atoms with E-state index in [9.17, 15) is 0 Å². The summed E-state index contributed by atoms with van der Waals surface area (Å²) in [5, 5.41) is 12.6. The van der Waals surface area contributed by atoms with Crippen LogP contribution in [-0.4, -0.2) is 0 Å². The monoisotopic (exact) mass is 234 g/mol. The second-order valence-electron chi connectivity index (χ2n) is 4.59. The van der Waals surface area contributed by atoms with Crippen molar-refractivity contribution in [1.29, 1.82) is 5.26 Å².